The summed E-state index contributed by atoms with van der Waals surface area (Å²) in [5.74, 6) is -0.0868. The van der Waals surface area contributed by atoms with Crippen molar-refractivity contribution < 1.29 is 14.5 Å². The van der Waals surface area contributed by atoms with E-state index < -0.39 is 10.8 Å². The van der Waals surface area contributed by atoms with Crippen LogP contribution in [0.3, 0.4) is 0 Å². The number of nitro benzene ring substituents is 1. The molecule has 6 nitrogen and oxygen atoms in total. The lowest BCUT2D eigenvalue weighted by Crippen LogP contribution is -2.28. The van der Waals surface area contributed by atoms with Gasteiger partial charge in [0.05, 0.1) is 18.1 Å². The number of nitrogens with one attached hydrogen (secondary N) is 1. The van der Waals surface area contributed by atoms with Crippen LogP contribution in [-0.2, 0) is 4.74 Å². The van der Waals surface area contributed by atoms with Gasteiger partial charge in [0, 0.05) is 18.5 Å². The minimum absolute atomic E-state index is 0.0878. The second-order valence-electron chi connectivity index (χ2n) is 3.78. The van der Waals surface area contributed by atoms with Crippen LogP contribution in [0.15, 0.2) is 18.2 Å². The molecule has 1 amide bonds. The Morgan fingerprint density at radius 3 is 2.84 bits per heavy atom. The molecule has 0 heterocycles. The summed E-state index contributed by atoms with van der Waals surface area (Å²) in [7, 11) is 0. The highest BCUT2D eigenvalue weighted by molar-refractivity contribution is 6.17. The zero-order valence-corrected chi connectivity index (χ0v) is 11.3. The fourth-order valence-electron chi connectivity index (χ4n) is 1.58. The summed E-state index contributed by atoms with van der Waals surface area (Å²) in [6.07, 6.45) is 0. The molecule has 1 aromatic rings. The Balaban J connectivity index is 2.68. The molecule has 0 bridgehead atoms. The summed E-state index contributed by atoms with van der Waals surface area (Å²) in [5, 5.41) is 13.5. The first-order valence-corrected chi connectivity index (χ1v) is 6.27. The number of nitrogens with zero attached hydrogens (tertiary/aromatic N) is 1. The number of ether oxygens (including phenoxy) is 1. The highest BCUT2D eigenvalue weighted by Gasteiger charge is 2.21. The first-order chi connectivity index (χ1) is 9.07. The van der Waals surface area contributed by atoms with Crippen LogP contribution in [0.5, 0.6) is 0 Å². The Hall–Kier alpha value is -1.66. The molecule has 0 radical (unpaired) electrons. The molecule has 0 spiro atoms. The van der Waals surface area contributed by atoms with E-state index in [9.17, 15) is 14.9 Å². The minimum Gasteiger partial charge on any atom is -0.378 e. The van der Waals surface area contributed by atoms with E-state index in [1.165, 1.54) is 6.07 Å². The fraction of sp³-hybridized carbons (Fsp3) is 0.417. The van der Waals surface area contributed by atoms with Crippen LogP contribution < -0.4 is 5.32 Å². The summed E-state index contributed by atoms with van der Waals surface area (Å²) >= 11 is 5.43. The quantitative estimate of drug-likeness (QED) is 0.359. The van der Waals surface area contributed by atoms with E-state index in [1.54, 1.807) is 19.1 Å². The number of aryl methyl sites for hydroxylation is 1. The monoisotopic (exact) mass is 286 g/mol. The molecule has 19 heavy (non-hydrogen) atoms. The van der Waals surface area contributed by atoms with Crippen LogP contribution in [0.25, 0.3) is 0 Å². The van der Waals surface area contributed by atoms with E-state index in [0.29, 0.717) is 24.7 Å². The van der Waals surface area contributed by atoms with Gasteiger partial charge in [0.15, 0.2) is 0 Å². The number of rotatable bonds is 7. The van der Waals surface area contributed by atoms with Crippen LogP contribution in [0.4, 0.5) is 5.69 Å². The molecule has 0 unspecified atom stereocenters. The average Bonchev–Trinajstić information content (AvgIpc) is 2.37. The predicted molar refractivity (Wildman–Crippen MR) is 71.7 cm³/mol. The Labute approximate surface area is 115 Å². The van der Waals surface area contributed by atoms with E-state index in [2.05, 4.69) is 5.32 Å². The number of carbonyl (C=O) groups is 1. The van der Waals surface area contributed by atoms with Crippen LogP contribution >= 0.6 is 11.6 Å². The van der Waals surface area contributed by atoms with Gasteiger partial charge in [-0.2, -0.15) is 0 Å². The second-order valence-corrected chi connectivity index (χ2v) is 4.16. The lowest BCUT2D eigenvalue weighted by atomic mass is 10.1. The number of alkyl halides is 1. The molecule has 0 atom stereocenters. The molecule has 1 aromatic carbocycles. The molecule has 0 fully saturated rings. The third-order valence-corrected chi connectivity index (χ3v) is 2.58. The van der Waals surface area contributed by atoms with Gasteiger partial charge in [-0.05, 0) is 12.5 Å². The lowest BCUT2D eigenvalue weighted by Gasteiger charge is -2.08. The van der Waals surface area contributed by atoms with Gasteiger partial charge in [-0.3, -0.25) is 14.9 Å². The van der Waals surface area contributed by atoms with E-state index in [-0.39, 0.29) is 17.8 Å². The summed E-state index contributed by atoms with van der Waals surface area (Å²) in [5.41, 5.74) is 0.456. The zero-order valence-electron chi connectivity index (χ0n) is 10.5. The second kappa shape index (κ2) is 7.70. The average molecular weight is 287 g/mol. The standard InChI is InChI=1S/C12H15ClN2O4/c1-9-3-2-4-10(15(17)18)11(9)12(16)14-6-8-19-7-5-13/h2-4H,5-8H2,1H3,(H,14,16). The maximum atomic E-state index is 11.9. The van der Waals surface area contributed by atoms with Gasteiger partial charge in [0.2, 0.25) is 0 Å². The van der Waals surface area contributed by atoms with E-state index in [0.717, 1.165) is 0 Å². The van der Waals surface area contributed by atoms with Gasteiger partial charge >= 0.3 is 0 Å². The van der Waals surface area contributed by atoms with Gasteiger partial charge in [-0.15, -0.1) is 11.6 Å². The zero-order chi connectivity index (χ0) is 14.3. The largest absolute Gasteiger partial charge is 0.378 e. The van der Waals surface area contributed by atoms with Crippen molar-refractivity contribution in [3.63, 3.8) is 0 Å². The topological polar surface area (TPSA) is 81.5 Å². The molecule has 0 saturated carbocycles. The SMILES string of the molecule is Cc1cccc([N+](=O)[O-])c1C(=O)NCCOCCCl. The first kappa shape index (κ1) is 15.4. The summed E-state index contributed by atoms with van der Waals surface area (Å²) in [6, 6.07) is 4.52. The predicted octanol–water partition coefficient (Wildman–Crippen LogP) is 1.89. The summed E-state index contributed by atoms with van der Waals surface area (Å²) in [6.45, 7) is 2.66. The maximum Gasteiger partial charge on any atom is 0.282 e. The molecule has 0 aliphatic rings. The Morgan fingerprint density at radius 2 is 2.21 bits per heavy atom. The van der Waals surface area contributed by atoms with Crippen molar-refractivity contribution >= 4 is 23.2 Å². The van der Waals surface area contributed by atoms with Crippen molar-refractivity contribution in [3.05, 3.63) is 39.4 Å². The molecular weight excluding hydrogens is 272 g/mol. The summed E-state index contributed by atoms with van der Waals surface area (Å²) in [4.78, 5) is 22.2. The molecule has 1 N–H and O–H groups in total. The highest BCUT2D eigenvalue weighted by atomic mass is 35.5. The van der Waals surface area contributed by atoms with Crippen molar-refractivity contribution in [2.24, 2.45) is 0 Å². The summed E-state index contributed by atoms with van der Waals surface area (Å²) < 4.78 is 5.10. The number of amides is 1. The van der Waals surface area contributed by atoms with Gasteiger partial charge in [0.25, 0.3) is 11.6 Å². The minimum atomic E-state index is -0.564. The molecule has 104 valence electrons. The van der Waals surface area contributed by atoms with Crippen LogP contribution in [0.1, 0.15) is 15.9 Å². The third kappa shape index (κ3) is 4.50. The van der Waals surface area contributed by atoms with Gasteiger partial charge in [-0.25, -0.2) is 0 Å². The van der Waals surface area contributed by atoms with Gasteiger partial charge < -0.3 is 10.1 Å². The highest BCUT2D eigenvalue weighted by Crippen LogP contribution is 2.21. The molecule has 0 aromatic heterocycles. The first-order valence-electron chi connectivity index (χ1n) is 5.74. The van der Waals surface area contributed by atoms with Crippen LogP contribution in [0, 0.1) is 17.0 Å². The Morgan fingerprint density at radius 1 is 1.47 bits per heavy atom. The van der Waals surface area contributed by atoms with Crippen molar-refractivity contribution in [3.8, 4) is 0 Å². The third-order valence-electron chi connectivity index (χ3n) is 2.43. The number of halogens is 1. The van der Waals surface area contributed by atoms with E-state index in [4.69, 9.17) is 16.3 Å². The van der Waals surface area contributed by atoms with Crippen molar-refractivity contribution in [2.75, 3.05) is 25.6 Å². The van der Waals surface area contributed by atoms with Crippen molar-refractivity contribution in [1.82, 2.24) is 5.32 Å². The molecule has 0 aliphatic carbocycles. The lowest BCUT2D eigenvalue weighted by molar-refractivity contribution is -0.385. The number of hydrogen-bond donors (Lipinski definition) is 1. The van der Waals surface area contributed by atoms with E-state index in [1.807, 2.05) is 0 Å². The Bertz CT molecular complexity index is 465. The van der Waals surface area contributed by atoms with Gasteiger partial charge in [0.1, 0.15) is 5.56 Å². The van der Waals surface area contributed by atoms with E-state index >= 15 is 0 Å². The molecule has 0 saturated heterocycles. The van der Waals surface area contributed by atoms with Crippen molar-refractivity contribution in [2.45, 2.75) is 6.92 Å². The number of nitro groups is 1. The van der Waals surface area contributed by atoms with Gasteiger partial charge in [-0.1, -0.05) is 12.1 Å². The smallest absolute Gasteiger partial charge is 0.282 e. The Kier molecular flexibility index (Phi) is 6.24. The molecule has 7 heteroatoms. The number of hydrogen-bond acceptors (Lipinski definition) is 4. The van der Waals surface area contributed by atoms with Crippen molar-refractivity contribution in [1.29, 1.82) is 0 Å². The number of carbonyl (C=O) groups excluding carboxylic acids is 1. The van der Waals surface area contributed by atoms with Crippen LogP contribution in [0.2, 0.25) is 0 Å². The molecule has 0 aliphatic heterocycles. The number of benzene rings is 1. The fourth-order valence-corrected chi connectivity index (χ4v) is 1.69. The van der Waals surface area contributed by atoms with Crippen LogP contribution in [-0.4, -0.2) is 36.5 Å². The maximum absolute atomic E-state index is 11.9. The molecular formula is C12H15ClN2O4. The molecule has 1 rings (SSSR count). The normalized spacial score (nSPS) is 10.2.